The van der Waals surface area contributed by atoms with Crippen molar-refractivity contribution < 1.29 is 4.79 Å². The van der Waals surface area contributed by atoms with Crippen LogP contribution in [-0.4, -0.2) is 19.0 Å². The molecule has 0 saturated carbocycles. The molecular weight excluding hydrogens is 296 g/mol. The molecule has 1 N–H and O–H groups in total. The first kappa shape index (κ1) is 16.4. The molecule has 0 aliphatic carbocycles. The normalized spacial score (nSPS) is 10.4. The maximum Gasteiger partial charge on any atom is 0.243 e. The molecule has 0 aromatic heterocycles. The molecule has 0 aliphatic rings. The Kier molecular flexibility index (Phi) is 5.45. The predicted molar refractivity (Wildman–Crippen MR) is 93.9 cm³/mol. The van der Waals surface area contributed by atoms with Gasteiger partial charge in [-0.1, -0.05) is 41.4 Å². The zero-order valence-corrected chi connectivity index (χ0v) is 13.9. The van der Waals surface area contributed by atoms with Crippen molar-refractivity contribution in [3.05, 3.63) is 58.6 Å². The van der Waals surface area contributed by atoms with Gasteiger partial charge in [-0.15, -0.1) is 0 Å². The van der Waals surface area contributed by atoms with Gasteiger partial charge in [-0.25, -0.2) is 0 Å². The summed E-state index contributed by atoms with van der Waals surface area (Å²) in [6.45, 7) is 7.24. The Balaban J connectivity index is 2.10. The highest BCUT2D eigenvalue weighted by atomic mass is 35.5. The predicted octanol–water partition coefficient (Wildman–Crippen LogP) is 4.42. The lowest BCUT2D eigenvalue weighted by atomic mass is 10.1. The quantitative estimate of drug-likeness (QED) is 0.885. The highest BCUT2D eigenvalue weighted by molar-refractivity contribution is 6.33. The summed E-state index contributed by atoms with van der Waals surface area (Å²) in [4.78, 5) is 14.3. The summed E-state index contributed by atoms with van der Waals surface area (Å²) < 4.78 is 0. The number of carbonyl (C=O) groups excluding carboxylic acids is 1. The number of likely N-dealkylation sites (N-methyl/N-ethyl adjacent to an activating group) is 1. The van der Waals surface area contributed by atoms with Gasteiger partial charge in [-0.2, -0.15) is 0 Å². The van der Waals surface area contributed by atoms with E-state index < -0.39 is 0 Å². The monoisotopic (exact) mass is 316 g/mol. The molecule has 1 amide bonds. The van der Waals surface area contributed by atoms with Crippen molar-refractivity contribution in [2.45, 2.75) is 20.8 Å². The number of benzene rings is 2. The van der Waals surface area contributed by atoms with Crippen molar-refractivity contribution in [3.8, 4) is 0 Å². The topological polar surface area (TPSA) is 32.3 Å². The lowest BCUT2D eigenvalue weighted by Gasteiger charge is -2.24. The van der Waals surface area contributed by atoms with Crippen molar-refractivity contribution in [1.82, 2.24) is 0 Å². The first-order chi connectivity index (χ1) is 10.5. The molecule has 0 heterocycles. The number of anilines is 2. The van der Waals surface area contributed by atoms with Crippen LogP contribution in [0.25, 0.3) is 0 Å². The molecule has 4 heteroatoms. The summed E-state index contributed by atoms with van der Waals surface area (Å²) in [6, 6.07) is 13.5. The van der Waals surface area contributed by atoms with Gasteiger partial charge in [-0.05, 0) is 44.5 Å². The standard InChI is InChI=1S/C18H21ClN2O/c1-4-21(17-10-9-13(2)11-14(17)3)12-18(22)20-16-8-6-5-7-15(16)19/h5-11H,4,12H2,1-3H3,(H,20,22). The molecular formula is C18H21ClN2O. The minimum absolute atomic E-state index is 0.0741. The molecule has 2 rings (SSSR count). The second kappa shape index (κ2) is 7.32. The number of halogens is 1. The fourth-order valence-corrected chi connectivity index (χ4v) is 2.64. The van der Waals surface area contributed by atoms with E-state index in [9.17, 15) is 4.79 Å². The third-order valence-electron chi connectivity index (χ3n) is 3.56. The minimum Gasteiger partial charge on any atom is -0.362 e. The molecule has 22 heavy (non-hydrogen) atoms. The van der Waals surface area contributed by atoms with Crippen LogP contribution in [0.1, 0.15) is 18.1 Å². The largest absolute Gasteiger partial charge is 0.362 e. The molecule has 0 bridgehead atoms. The zero-order chi connectivity index (χ0) is 16.1. The molecule has 0 unspecified atom stereocenters. The lowest BCUT2D eigenvalue weighted by molar-refractivity contribution is -0.115. The van der Waals surface area contributed by atoms with Crippen LogP contribution in [0.3, 0.4) is 0 Å². The van der Waals surface area contributed by atoms with Crippen molar-refractivity contribution in [3.63, 3.8) is 0 Å². The van der Waals surface area contributed by atoms with Crippen LogP contribution >= 0.6 is 11.6 Å². The van der Waals surface area contributed by atoms with E-state index in [0.717, 1.165) is 12.2 Å². The maximum atomic E-state index is 12.3. The summed E-state index contributed by atoms with van der Waals surface area (Å²) in [5, 5.41) is 3.41. The van der Waals surface area contributed by atoms with Crippen LogP contribution in [0.5, 0.6) is 0 Å². The van der Waals surface area contributed by atoms with Crippen molar-refractivity contribution >= 4 is 28.9 Å². The van der Waals surface area contributed by atoms with E-state index >= 15 is 0 Å². The fraction of sp³-hybridized carbons (Fsp3) is 0.278. The Labute approximate surface area is 136 Å². The van der Waals surface area contributed by atoms with E-state index in [0.29, 0.717) is 17.3 Å². The van der Waals surface area contributed by atoms with E-state index in [1.807, 2.05) is 19.1 Å². The first-order valence-electron chi connectivity index (χ1n) is 7.38. The number of aryl methyl sites for hydroxylation is 2. The van der Waals surface area contributed by atoms with Gasteiger partial charge < -0.3 is 10.2 Å². The molecule has 116 valence electrons. The number of carbonyl (C=O) groups is 1. The van der Waals surface area contributed by atoms with Crippen LogP contribution in [0, 0.1) is 13.8 Å². The average molecular weight is 317 g/mol. The summed E-state index contributed by atoms with van der Waals surface area (Å²) in [7, 11) is 0. The van der Waals surface area contributed by atoms with Crippen LogP contribution < -0.4 is 10.2 Å². The summed E-state index contributed by atoms with van der Waals surface area (Å²) >= 11 is 6.07. The Morgan fingerprint density at radius 1 is 1.18 bits per heavy atom. The SMILES string of the molecule is CCN(CC(=O)Nc1ccccc1Cl)c1ccc(C)cc1C. The summed E-state index contributed by atoms with van der Waals surface area (Å²) in [5.41, 5.74) is 4.12. The van der Waals surface area contributed by atoms with E-state index in [1.165, 1.54) is 11.1 Å². The maximum absolute atomic E-state index is 12.3. The van der Waals surface area contributed by atoms with Gasteiger partial charge in [-0.3, -0.25) is 4.79 Å². The minimum atomic E-state index is -0.0741. The third kappa shape index (κ3) is 4.01. The fourth-order valence-electron chi connectivity index (χ4n) is 2.45. The van der Waals surface area contributed by atoms with Gasteiger partial charge in [0.05, 0.1) is 17.3 Å². The van der Waals surface area contributed by atoms with Crippen LogP contribution in [0.4, 0.5) is 11.4 Å². The van der Waals surface area contributed by atoms with E-state index in [4.69, 9.17) is 11.6 Å². The molecule has 0 radical (unpaired) electrons. The molecule has 2 aromatic rings. The van der Waals surface area contributed by atoms with Gasteiger partial charge in [0.1, 0.15) is 0 Å². The van der Waals surface area contributed by atoms with Gasteiger partial charge in [0, 0.05) is 12.2 Å². The zero-order valence-electron chi connectivity index (χ0n) is 13.2. The van der Waals surface area contributed by atoms with Crippen LogP contribution in [-0.2, 0) is 4.79 Å². The first-order valence-corrected chi connectivity index (χ1v) is 7.75. The number of rotatable bonds is 5. The molecule has 0 aliphatic heterocycles. The van der Waals surface area contributed by atoms with Crippen molar-refractivity contribution in [1.29, 1.82) is 0 Å². The Morgan fingerprint density at radius 3 is 2.55 bits per heavy atom. The lowest BCUT2D eigenvalue weighted by Crippen LogP contribution is -2.33. The number of hydrogen-bond donors (Lipinski definition) is 1. The summed E-state index contributed by atoms with van der Waals surface area (Å²) in [6.07, 6.45) is 0. The van der Waals surface area contributed by atoms with Crippen molar-refractivity contribution in [2.75, 3.05) is 23.3 Å². The van der Waals surface area contributed by atoms with Crippen LogP contribution in [0.15, 0.2) is 42.5 Å². The molecule has 0 atom stereocenters. The molecule has 2 aromatic carbocycles. The molecule has 0 fully saturated rings. The van der Waals surface area contributed by atoms with E-state index in [1.54, 1.807) is 12.1 Å². The number of hydrogen-bond acceptors (Lipinski definition) is 2. The van der Waals surface area contributed by atoms with E-state index in [-0.39, 0.29) is 5.91 Å². The molecule has 3 nitrogen and oxygen atoms in total. The second-order valence-corrected chi connectivity index (χ2v) is 5.74. The highest BCUT2D eigenvalue weighted by Crippen LogP contribution is 2.22. The van der Waals surface area contributed by atoms with E-state index in [2.05, 4.69) is 42.3 Å². The number of para-hydroxylation sites is 1. The molecule has 0 saturated heterocycles. The van der Waals surface area contributed by atoms with Crippen LogP contribution in [0.2, 0.25) is 5.02 Å². The Hall–Kier alpha value is -2.00. The van der Waals surface area contributed by atoms with Crippen molar-refractivity contribution in [2.24, 2.45) is 0 Å². The van der Waals surface area contributed by atoms with Gasteiger partial charge >= 0.3 is 0 Å². The second-order valence-electron chi connectivity index (χ2n) is 5.33. The van der Waals surface area contributed by atoms with Gasteiger partial charge in [0.25, 0.3) is 0 Å². The number of nitrogens with zero attached hydrogens (tertiary/aromatic N) is 1. The number of nitrogens with one attached hydrogen (secondary N) is 1. The highest BCUT2D eigenvalue weighted by Gasteiger charge is 2.13. The Morgan fingerprint density at radius 2 is 1.91 bits per heavy atom. The summed E-state index contributed by atoms with van der Waals surface area (Å²) in [5.74, 6) is -0.0741. The Bertz CT molecular complexity index is 670. The molecule has 0 spiro atoms. The average Bonchev–Trinajstić information content (AvgIpc) is 2.48. The van der Waals surface area contributed by atoms with Gasteiger partial charge in [0.2, 0.25) is 5.91 Å². The smallest absolute Gasteiger partial charge is 0.243 e. The third-order valence-corrected chi connectivity index (χ3v) is 3.89. The number of amides is 1. The van der Waals surface area contributed by atoms with Gasteiger partial charge in [0.15, 0.2) is 0 Å².